The number of hydrogen-bond acceptors (Lipinski definition) is 5. The normalized spacial score (nSPS) is 10.7. The second-order valence-electron chi connectivity index (χ2n) is 4.18. The van der Waals surface area contributed by atoms with Gasteiger partial charge in [-0.2, -0.15) is 0 Å². The zero-order valence-corrected chi connectivity index (χ0v) is 13.3. The van der Waals surface area contributed by atoms with Crippen LogP contribution >= 0.6 is 23.1 Å². The molecular formula is C13H18N4OS2. The Morgan fingerprint density at radius 2 is 2.25 bits per heavy atom. The van der Waals surface area contributed by atoms with Gasteiger partial charge < -0.3 is 4.90 Å². The van der Waals surface area contributed by atoms with Crippen LogP contribution in [0.5, 0.6) is 0 Å². The van der Waals surface area contributed by atoms with E-state index in [-0.39, 0.29) is 5.91 Å². The molecule has 108 valence electrons. The molecule has 0 spiro atoms. The third-order valence-corrected chi connectivity index (χ3v) is 4.58. The van der Waals surface area contributed by atoms with E-state index in [1.165, 1.54) is 16.6 Å². The Morgan fingerprint density at radius 3 is 2.90 bits per heavy atom. The molecule has 0 aliphatic heterocycles. The summed E-state index contributed by atoms with van der Waals surface area (Å²) in [7, 11) is 0. The lowest BCUT2D eigenvalue weighted by molar-refractivity contribution is -0.127. The molecule has 0 radical (unpaired) electrons. The Bertz CT molecular complexity index is 534. The van der Waals surface area contributed by atoms with Crippen LogP contribution in [-0.4, -0.2) is 44.8 Å². The fraction of sp³-hybridized carbons (Fsp3) is 0.462. The van der Waals surface area contributed by atoms with Gasteiger partial charge in [0.1, 0.15) is 5.82 Å². The molecule has 20 heavy (non-hydrogen) atoms. The average Bonchev–Trinajstić information content (AvgIpc) is 3.10. The van der Waals surface area contributed by atoms with Crippen LogP contribution < -0.4 is 0 Å². The summed E-state index contributed by atoms with van der Waals surface area (Å²) in [6.07, 6.45) is 0.759. The molecule has 0 fully saturated rings. The predicted octanol–water partition coefficient (Wildman–Crippen LogP) is 2.42. The maximum absolute atomic E-state index is 11.9. The van der Waals surface area contributed by atoms with E-state index in [4.69, 9.17) is 0 Å². The molecule has 2 aromatic rings. The first kappa shape index (κ1) is 15.1. The van der Waals surface area contributed by atoms with Crippen LogP contribution in [-0.2, 0) is 11.2 Å². The van der Waals surface area contributed by atoms with Crippen LogP contribution in [0.3, 0.4) is 0 Å². The van der Waals surface area contributed by atoms with Crippen LogP contribution in [0.1, 0.15) is 24.5 Å². The lowest BCUT2D eigenvalue weighted by atomic mass is 10.3. The summed E-state index contributed by atoms with van der Waals surface area (Å²) in [4.78, 5) is 19.3. The van der Waals surface area contributed by atoms with Gasteiger partial charge in [-0.25, -0.2) is 4.98 Å². The van der Waals surface area contributed by atoms with Gasteiger partial charge in [-0.3, -0.25) is 9.89 Å². The summed E-state index contributed by atoms with van der Waals surface area (Å²) >= 11 is 3.08. The topological polar surface area (TPSA) is 61.9 Å². The SMILES string of the molecule is CCN(CC)C(=O)CSc1n[nH]c(Cc2cccs2)n1. The molecule has 2 aromatic heterocycles. The average molecular weight is 310 g/mol. The summed E-state index contributed by atoms with van der Waals surface area (Å²) < 4.78 is 0. The zero-order valence-electron chi connectivity index (χ0n) is 11.6. The molecule has 5 nitrogen and oxygen atoms in total. The fourth-order valence-corrected chi connectivity index (χ4v) is 3.22. The van der Waals surface area contributed by atoms with Crippen molar-refractivity contribution in [2.45, 2.75) is 25.4 Å². The Labute approximate surface area is 126 Å². The smallest absolute Gasteiger partial charge is 0.233 e. The monoisotopic (exact) mass is 310 g/mol. The van der Waals surface area contributed by atoms with Crippen LogP contribution in [0.4, 0.5) is 0 Å². The molecule has 0 saturated heterocycles. The van der Waals surface area contributed by atoms with Crippen molar-refractivity contribution in [2.75, 3.05) is 18.8 Å². The van der Waals surface area contributed by atoms with E-state index in [1.54, 1.807) is 11.3 Å². The number of thiophene rings is 1. The minimum absolute atomic E-state index is 0.129. The number of carbonyl (C=O) groups excluding carboxylic acids is 1. The summed E-state index contributed by atoms with van der Waals surface area (Å²) in [5, 5.41) is 9.75. The summed E-state index contributed by atoms with van der Waals surface area (Å²) in [6, 6.07) is 4.10. The van der Waals surface area contributed by atoms with Gasteiger partial charge in [0.05, 0.1) is 5.75 Å². The van der Waals surface area contributed by atoms with Crippen LogP contribution in [0.25, 0.3) is 0 Å². The van der Waals surface area contributed by atoms with Gasteiger partial charge >= 0.3 is 0 Å². The molecule has 7 heteroatoms. The van der Waals surface area contributed by atoms with E-state index in [0.717, 1.165) is 25.3 Å². The van der Waals surface area contributed by atoms with Gasteiger partial charge in [-0.1, -0.05) is 17.8 Å². The van der Waals surface area contributed by atoms with E-state index < -0.39 is 0 Å². The van der Waals surface area contributed by atoms with Crippen molar-refractivity contribution in [3.8, 4) is 0 Å². The number of aromatic amines is 1. The van der Waals surface area contributed by atoms with Crippen molar-refractivity contribution in [1.29, 1.82) is 0 Å². The number of thioether (sulfide) groups is 1. The van der Waals surface area contributed by atoms with E-state index in [2.05, 4.69) is 21.2 Å². The van der Waals surface area contributed by atoms with Crippen LogP contribution in [0, 0.1) is 0 Å². The molecule has 0 unspecified atom stereocenters. The van der Waals surface area contributed by atoms with Crippen molar-refractivity contribution >= 4 is 29.0 Å². The molecule has 2 heterocycles. The minimum Gasteiger partial charge on any atom is -0.343 e. The van der Waals surface area contributed by atoms with Crippen molar-refractivity contribution in [3.63, 3.8) is 0 Å². The predicted molar refractivity (Wildman–Crippen MR) is 82.2 cm³/mol. The highest BCUT2D eigenvalue weighted by molar-refractivity contribution is 7.99. The molecular weight excluding hydrogens is 292 g/mol. The second kappa shape index (κ2) is 7.44. The Hall–Kier alpha value is -1.34. The number of nitrogens with one attached hydrogen (secondary N) is 1. The van der Waals surface area contributed by atoms with Crippen LogP contribution in [0.15, 0.2) is 22.7 Å². The molecule has 0 atom stereocenters. The highest BCUT2D eigenvalue weighted by Crippen LogP contribution is 2.16. The largest absolute Gasteiger partial charge is 0.343 e. The lowest BCUT2D eigenvalue weighted by Crippen LogP contribution is -2.31. The molecule has 0 bridgehead atoms. The Balaban J connectivity index is 1.85. The number of hydrogen-bond donors (Lipinski definition) is 1. The third-order valence-electron chi connectivity index (χ3n) is 2.87. The quantitative estimate of drug-likeness (QED) is 0.798. The first-order chi connectivity index (χ1) is 9.72. The molecule has 0 saturated carbocycles. The summed E-state index contributed by atoms with van der Waals surface area (Å²) in [5.41, 5.74) is 0. The van der Waals surface area contributed by atoms with E-state index in [9.17, 15) is 4.79 Å². The van der Waals surface area contributed by atoms with Crippen LogP contribution in [0.2, 0.25) is 0 Å². The van der Waals surface area contributed by atoms with Crippen molar-refractivity contribution in [1.82, 2.24) is 20.1 Å². The second-order valence-corrected chi connectivity index (χ2v) is 6.15. The maximum atomic E-state index is 11.9. The standard InChI is InChI=1S/C13H18N4OS2/c1-3-17(4-2)12(18)9-20-13-14-11(15-16-13)8-10-6-5-7-19-10/h5-7H,3-4,8-9H2,1-2H3,(H,14,15,16). The Kier molecular flexibility index (Phi) is 5.60. The number of amides is 1. The van der Waals surface area contributed by atoms with E-state index in [1.807, 2.05) is 30.2 Å². The van der Waals surface area contributed by atoms with Crippen molar-refractivity contribution in [3.05, 3.63) is 28.2 Å². The van der Waals surface area contributed by atoms with Crippen molar-refractivity contribution < 1.29 is 4.79 Å². The van der Waals surface area contributed by atoms with E-state index >= 15 is 0 Å². The first-order valence-electron chi connectivity index (χ1n) is 6.57. The molecule has 0 aliphatic rings. The van der Waals surface area contributed by atoms with Gasteiger partial charge in [-0.05, 0) is 25.3 Å². The summed E-state index contributed by atoms with van der Waals surface area (Å²) in [5.74, 6) is 1.35. The first-order valence-corrected chi connectivity index (χ1v) is 8.43. The van der Waals surface area contributed by atoms with Gasteiger partial charge in [0.15, 0.2) is 0 Å². The number of nitrogens with zero attached hydrogens (tertiary/aromatic N) is 3. The molecule has 0 aliphatic carbocycles. The molecule has 1 N–H and O–H groups in total. The molecule has 0 aromatic carbocycles. The number of rotatable bonds is 7. The van der Waals surface area contributed by atoms with E-state index in [0.29, 0.717) is 10.9 Å². The highest BCUT2D eigenvalue weighted by atomic mass is 32.2. The lowest BCUT2D eigenvalue weighted by Gasteiger charge is -2.17. The fourth-order valence-electron chi connectivity index (χ4n) is 1.79. The maximum Gasteiger partial charge on any atom is 0.233 e. The Morgan fingerprint density at radius 1 is 1.45 bits per heavy atom. The number of H-pyrrole nitrogens is 1. The van der Waals surface area contributed by atoms with Crippen molar-refractivity contribution in [2.24, 2.45) is 0 Å². The minimum atomic E-state index is 0.129. The molecule has 1 amide bonds. The van der Waals surface area contributed by atoms with Gasteiger partial charge in [0, 0.05) is 24.4 Å². The number of carbonyl (C=O) groups is 1. The van der Waals surface area contributed by atoms with Gasteiger partial charge in [0.25, 0.3) is 0 Å². The summed E-state index contributed by atoms with van der Waals surface area (Å²) in [6.45, 7) is 5.46. The van der Waals surface area contributed by atoms with Gasteiger partial charge in [-0.15, -0.1) is 16.4 Å². The number of aromatic nitrogens is 3. The zero-order chi connectivity index (χ0) is 14.4. The molecule has 2 rings (SSSR count). The third kappa shape index (κ3) is 4.08. The highest BCUT2D eigenvalue weighted by Gasteiger charge is 2.12. The van der Waals surface area contributed by atoms with Gasteiger partial charge in [0.2, 0.25) is 11.1 Å².